The van der Waals surface area contributed by atoms with E-state index in [2.05, 4.69) is 0 Å². The normalized spacial score (nSPS) is 19.6. The van der Waals surface area contributed by atoms with Gasteiger partial charge >= 0.3 is 0 Å². The van der Waals surface area contributed by atoms with Crippen molar-refractivity contribution < 1.29 is 19.1 Å². The van der Waals surface area contributed by atoms with Crippen LogP contribution >= 0.6 is 11.6 Å². The average molecular weight is 388 g/mol. The highest BCUT2D eigenvalue weighted by Gasteiger charge is 2.26. The second-order valence-corrected chi connectivity index (χ2v) is 7.14. The smallest absolute Gasteiger partial charge is 0.260 e. The Morgan fingerprint density at radius 1 is 1.00 bits per heavy atom. The highest BCUT2D eigenvalue weighted by molar-refractivity contribution is 6.30. The third-order valence-electron chi connectivity index (χ3n) is 4.36. The molecule has 0 saturated carbocycles. The first-order valence-electron chi connectivity index (χ1n) is 8.88. The van der Waals surface area contributed by atoms with Gasteiger partial charge < -0.3 is 14.4 Å². The predicted octanol–water partition coefficient (Wildman–Crippen LogP) is 3.59. The summed E-state index contributed by atoms with van der Waals surface area (Å²) < 4.78 is 11.2. The van der Waals surface area contributed by atoms with Crippen LogP contribution in [-0.4, -0.2) is 48.5 Å². The van der Waals surface area contributed by atoms with Crippen LogP contribution in [0.2, 0.25) is 5.02 Å². The third-order valence-corrected chi connectivity index (χ3v) is 4.61. The Labute approximate surface area is 163 Å². The number of amides is 1. The molecule has 6 heteroatoms. The summed E-state index contributed by atoms with van der Waals surface area (Å²) in [5, 5.41) is 0.587. The molecule has 1 fully saturated rings. The Morgan fingerprint density at radius 2 is 1.52 bits per heavy atom. The zero-order valence-corrected chi connectivity index (χ0v) is 16.1. The van der Waals surface area contributed by atoms with Crippen LogP contribution < -0.4 is 4.74 Å². The lowest BCUT2D eigenvalue weighted by Gasteiger charge is -2.35. The van der Waals surface area contributed by atoms with E-state index in [9.17, 15) is 9.59 Å². The molecule has 2 aromatic carbocycles. The number of hydrogen-bond donors (Lipinski definition) is 0. The van der Waals surface area contributed by atoms with Crippen LogP contribution in [0, 0.1) is 0 Å². The number of nitrogens with zero attached hydrogens (tertiary/aromatic N) is 1. The van der Waals surface area contributed by atoms with Crippen LogP contribution in [0.5, 0.6) is 5.75 Å². The van der Waals surface area contributed by atoms with Gasteiger partial charge in [-0.2, -0.15) is 0 Å². The highest BCUT2D eigenvalue weighted by Crippen LogP contribution is 2.18. The van der Waals surface area contributed by atoms with Gasteiger partial charge in [-0.05, 0) is 62.4 Å². The summed E-state index contributed by atoms with van der Waals surface area (Å²) in [6.07, 6.45) is 0.0479. The van der Waals surface area contributed by atoms with Crippen molar-refractivity contribution in [2.24, 2.45) is 0 Å². The monoisotopic (exact) mass is 387 g/mol. The first-order chi connectivity index (χ1) is 12.9. The molecule has 1 saturated heterocycles. The molecule has 1 amide bonds. The predicted molar refractivity (Wildman–Crippen MR) is 103 cm³/mol. The number of benzene rings is 2. The lowest BCUT2D eigenvalue weighted by molar-refractivity contribution is -0.145. The minimum Gasteiger partial charge on any atom is -0.484 e. The maximum absolute atomic E-state index is 12.4. The van der Waals surface area contributed by atoms with Gasteiger partial charge in [-0.1, -0.05) is 11.6 Å². The quantitative estimate of drug-likeness (QED) is 0.736. The van der Waals surface area contributed by atoms with E-state index in [1.807, 2.05) is 13.8 Å². The number of halogens is 1. The number of morpholine rings is 1. The van der Waals surface area contributed by atoms with E-state index in [1.54, 1.807) is 53.4 Å². The van der Waals surface area contributed by atoms with Crippen LogP contribution in [0.25, 0.3) is 0 Å². The van der Waals surface area contributed by atoms with Gasteiger partial charge in [0.25, 0.3) is 5.91 Å². The van der Waals surface area contributed by atoms with E-state index in [1.165, 1.54) is 0 Å². The van der Waals surface area contributed by atoms with Crippen molar-refractivity contribution in [2.75, 3.05) is 19.7 Å². The zero-order valence-electron chi connectivity index (χ0n) is 15.4. The Kier molecular flexibility index (Phi) is 6.14. The van der Waals surface area contributed by atoms with Crippen molar-refractivity contribution in [3.05, 3.63) is 64.7 Å². The van der Waals surface area contributed by atoms with E-state index in [0.717, 1.165) is 0 Å². The maximum atomic E-state index is 12.4. The lowest BCUT2D eigenvalue weighted by Crippen LogP contribution is -2.49. The molecule has 5 nitrogen and oxygen atoms in total. The van der Waals surface area contributed by atoms with Crippen LogP contribution in [0.1, 0.15) is 29.8 Å². The highest BCUT2D eigenvalue weighted by atomic mass is 35.5. The van der Waals surface area contributed by atoms with Crippen LogP contribution in [0.4, 0.5) is 0 Å². The summed E-state index contributed by atoms with van der Waals surface area (Å²) in [7, 11) is 0. The van der Waals surface area contributed by atoms with Gasteiger partial charge in [0.15, 0.2) is 12.4 Å². The fourth-order valence-electron chi connectivity index (χ4n) is 3.09. The second-order valence-electron chi connectivity index (χ2n) is 6.71. The molecule has 142 valence electrons. The molecule has 3 rings (SSSR count). The van der Waals surface area contributed by atoms with Crippen molar-refractivity contribution in [1.29, 1.82) is 0 Å². The average Bonchev–Trinajstić information content (AvgIpc) is 2.66. The van der Waals surface area contributed by atoms with E-state index >= 15 is 0 Å². The number of ketones is 1. The fraction of sp³-hybridized carbons (Fsp3) is 0.333. The van der Waals surface area contributed by atoms with Gasteiger partial charge in [0.2, 0.25) is 0 Å². The standard InChI is InChI=1S/C21H22ClNO4/c1-14-11-23(12-15(2)27-14)20(24)13-26-19-9-5-17(6-10-19)21(25)16-3-7-18(22)8-4-16/h3-10,14-15H,11-13H2,1-2H3/t14-,15-/m1/s1. The summed E-state index contributed by atoms with van der Waals surface area (Å²) in [4.78, 5) is 26.5. The summed E-state index contributed by atoms with van der Waals surface area (Å²) in [6.45, 7) is 5.01. The minimum absolute atomic E-state index is 0.0239. The summed E-state index contributed by atoms with van der Waals surface area (Å²) in [5.41, 5.74) is 1.12. The van der Waals surface area contributed by atoms with E-state index in [0.29, 0.717) is 35.0 Å². The maximum Gasteiger partial charge on any atom is 0.260 e. The molecule has 1 aliphatic heterocycles. The second kappa shape index (κ2) is 8.55. The molecular formula is C21H22ClNO4. The summed E-state index contributed by atoms with van der Waals surface area (Å²) in [6, 6.07) is 13.5. The van der Waals surface area contributed by atoms with Crippen molar-refractivity contribution in [2.45, 2.75) is 26.1 Å². The molecule has 0 aliphatic carbocycles. The molecule has 0 bridgehead atoms. The van der Waals surface area contributed by atoms with Gasteiger partial charge in [-0.25, -0.2) is 0 Å². The fourth-order valence-corrected chi connectivity index (χ4v) is 3.21. The van der Waals surface area contributed by atoms with Gasteiger partial charge in [0.1, 0.15) is 5.75 Å². The van der Waals surface area contributed by atoms with E-state index < -0.39 is 0 Å². The van der Waals surface area contributed by atoms with Gasteiger partial charge in [-0.3, -0.25) is 9.59 Å². The van der Waals surface area contributed by atoms with Gasteiger partial charge in [0.05, 0.1) is 12.2 Å². The molecule has 2 aromatic rings. The van der Waals surface area contributed by atoms with E-state index in [4.69, 9.17) is 21.1 Å². The van der Waals surface area contributed by atoms with Gasteiger partial charge in [0, 0.05) is 29.2 Å². The van der Waals surface area contributed by atoms with Crippen LogP contribution in [-0.2, 0) is 9.53 Å². The molecule has 0 radical (unpaired) electrons. The van der Waals surface area contributed by atoms with Crippen molar-refractivity contribution in [3.8, 4) is 5.75 Å². The molecule has 2 atom stereocenters. The number of rotatable bonds is 5. The molecule has 0 unspecified atom stereocenters. The Morgan fingerprint density at radius 3 is 2.07 bits per heavy atom. The summed E-state index contributed by atoms with van der Waals surface area (Å²) >= 11 is 5.85. The molecular weight excluding hydrogens is 366 g/mol. The molecule has 0 aromatic heterocycles. The topological polar surface area (TPSA) is 55.8 Å². The third kappa shape index (κ3) is 5.08. The largest absolute Gasteiger partial charge is 0.484 e. The lowest BCUT2D eigenvalue weighted by atomic mass is 10.0. The van der Waals surface area contributed by atoms with Crippen LogP contribution in [0.15, 0.2) is 48.5 Å². The Balaban J connectivity index is 1.57. The molecule has 27 heavy (non-hydrogen) atoms. The molecule has 1 heterocycles. The number of carbonyl (C=O) groups excluding carboxylic acids is 2. The first kappa shape index (κ1) is 19.4. The number of carbonyl (C=O) groups is 2. The first-order valence-corrected chi connectivity index (χ1v) is 9.26. The Bertz CT molecular complexity index is 794. The molecule has 0 N–H and O–H groups in total. The van der Waals surface area contributed by atoms with Crippen molar-refractivity contribution in [1.82, 2.24) is 4.90 Å². The number of hydrogen-bond acceptors (Lipinski definition) is 4. The minimum atomic E-state index is -0.0921. The van der Waals surface area contributed by atoms with Crippen molar-refractivity contribution >= 4 is 23.3 Å². The zero-order chi connectivity index (χ0) is 19.4. The molecule has 0 spiro atoms. The van der Waals surface area contributed by atoms with Crippen LogP contribution in [0.3, 0.4) is 0 Å². The van der Waals surface area contributed by atoms with E-state index in [-0.39, 0.29) is 30.5 Å². The van der Waals surface area contributed by atoms with Gasteiger partial charge in [-0.15, -0.1) is 0 Å². The Hall–Kier alpha value is -2.37. The SMILES string of the molecule is C[C@@H]1CN(C(=O)COc2ccc(C(=O)c3ccc(Cl)cc3)cc2)C[C@@H](C)O1. The summed E-state index contributed by atoms with van der Waals surface area (Å²) in [5.74, 6) is 0.384. The molecule has 1 aliphatic rings. The van der Waals surface area contributed by atoms with Crippen molar-refractivity contribution in [3.63, 3.8) is 0 Å². The number of ether oxygens (including phenoxy) is 2.